The molecule has 2 heterocycles. The number of epoxide rings is 1. The van der Waals surface area contributed by atoms with Crippen LogP contribution >= 0.6 is 0 Å². The maximum Gasteiger partial charge on any atom is 0.308 e. The molecule has 0 saturated carbocycles. The number of ketones is 2. The van der Waals surface area contributed by atoms with Crippen molar-refractivity contribution in [1.29, 1.82) is 0 Å². The van der Waals surface area contributed by atoms with Gasteiger partial charge in [-0.1, -0.05) is 94.4 Å². The first-order valence-corrected chi connectivity index (χ1v) is 23.0. The average Bonchev–Trinajstić information content (AvgIpc) is 4.03. The minimum atomic E-state index is -1.09. The zero-order valence-corrected chi connectivity index (χ0v) is 39.4. The summed E-state index contributed by atoms with van der Waals surface area (Å²) in [5.74, 6) is -2.85. The fourth-order valence-electron chi connectivity index (χ4n) is 8.13. The summed E-state index contributed by atoms with van der Waals surface area (Å²) < 4.78 is 16.5. The number of amides is 4. The van der Waals surface area contributed by atoms with E-state index in [-0.39, 0.29) is 73.2 Å². The zero-order valence-electron chi connectivity index (χ0n) is 39.4. The van der Waals surface area contributed by atoms with Gasteiger partial charge in [-0.2, -0.15) is 0 Å². The fraction of sp³-hybridized carbons (Fsp3) is 0.510. The predicted molar refractivity (Wildman–Crippen MR) is 249 cm³/mol. The third kappa shape index (κ3) is 15.7. The number of aryl methyl sites for hydroxylation is 1. The average molecular weight is 910 g/mol. The molecule has 0 radical (unpaired) electrons. The van der Waals surface area contributed by atoms with E-state index in [2.05, 4.69) is 21.3 Å². The molecule has 2 aliphatic heterocycles. The topological polar surface area (TPSA) is 202 Å². The Morgan fingerprint density at radius 2 is 1.30 bits per heavy atom. The van der Waals surface area contributed by atoms with E-state index in [0.29, 0.717) is 39.0 Å². The first-order valence-electron chi connectivity index (χ1n) is 23.0. The Kier molecular flexibility index (Phi) is 18.7. The number of rotatable bonds is 24. The van der Waals surface area contributed by atoms with Gasteiger partial charge in [-0.3, -0.25) is 38.5 Å². The standard InChI is InChI=1S/C51H67N5O10/c1-32(2)24-42(47(60)51(7)31-65-51)53-50(63)44(28-37-16-12-9-13-17-37)55-49(62)43(25-33(3)4)54-48(61)41(20-18-36-14-10-8-11-15-36)52-46(59)29-56-22-23-64-30-39(56)26-38-19-21-45(66-35(6)58)40(27-38)34(5)57/h8-17,19,21,27,32-33,39,41-44H,18,20,22-26,28-31H2,1-7H3,(H,52,59)(H,53,63)(H,54,61)(H,55,62)/t39?,41-,42-,43-,44-,51+/m0/s1. The molecular weight excluding hydrogens is 843 g/mol. The number of ether oxygens (including phenoxy) is 3. The molecule has 3 aromatic carbocycles. The van der Waals surface area contributed by atoms with Gasteiger partial charge in [0, 0.05) is 25.9 Å². The molecule has 6 atom stereocenters. The zero-order chi connectivity index (χ0) is 48.0. The highest BCUT2D eigenvalue weighted by molar-refractivity contribution is 5.99. The van der Waals surface area contributed by atoms with E-state index in [1.54, 1.807) is 25.1 Å². The molecule has 0 spiro atoms. The Morgan fingerprint density at radius 1 is 0.727 bits per heavy atom. The van der Waals surface area contributed by atoms with Gasteiger partial charge in [0.2, 0.25) is 23.6 Å². The fourth-order valence-corrected chi connectivity index (χ4v) is 8.13. The van der Waals surface area contributed by atoms with Crippen LogP contribution in [-0.4, -0.2) is 115 Å². The lowest BCUT2D eigenvalue weighted by atomic mass is 9.93. The second-order valence-corrected chi connectivity index (χ2v) is 18.5. The molecule has 5 rings (SSSR count). The van der Waals surface area contributed by atoms with Gasteiger partial charge in [0.25, 0.3) is 0 Å². The summed E-state index contributed by atoms with van der Waals surface area (Å²) in [5, 5.41) is 11.7. The normalized spacial score (nSPS) is 18.9. The summed E-state index contributed by atoms with van der Waals surface area (Å²) in [6.45, 7) is 13.5. The van der Waals surface area contributed by atoms with Gasteiger partial charge in [-0.25, -0.2) is 0 Å². The molecule has 2 aliphatic rings. The van der Waals surface area contributed by atoms with Crippen LogP contribution in [-0.2, 0) is 57.5 Å². The Bertz CT molecular complexity index is 2160. The highest BCUT2D eigenvalue weighted by atomic mass is 16.6. The quantitative estimate of drug-likeness (QED) is 0.0432. The van der Waals surface area contributed by atoms with Crippen molar-refractivity contribution in [2.75, 3.05) is 32.9 Å². The van der Waals surface area contributed by atoms with Crippen LogP contribution in [0.5, 0.6) is 5.75 Å². The summed E-state index contributed by atoms with van der Waals surface area (Å²) in [7, 11) is 0. The number of nitrogens with zero attached hydrogens (tertiary/aromatic N) is 1. The van der Waals surface area contributed by atoms with Crippen molar-refractivity contribution in [1.82, 2.24) is 26.2 Å². The van der Waals surface area contributed by atoms with Crippen molar-refractivity contribution in [2.24, 2.45) is 11.8 Å². The highest BCUT2D eigenvalue weighted by Crippen LogP contribution is 2.30. The number of carbonyl (C=O) groups excluding carboxylic acids is 7. The second-order valence-electron chi connectivity index (χ2n) is 18.5. The smallest absolute Gasteiger partial charge is 0.308 e. The summed E-state index contributed by atoms with van der Waals surface area (Å²) in [6.07, 6.45) is 1.89. The Morgan fingerprint density at radius 3 is 1.91 bits per heavy atom. The number of hydrogen-bond donors (Lipinski definition) is 4. The highest BCUT2D eigenvalue weighted by Gasteiger charge is 2.50. The van der Waals surface area contributed by atoms with Crippen LogP contribution in [0.25, 0.3) is 0 Å². The van der Waals surface area contributed by atoms with E-state index >= 15 is 0 Å². The summed E-state index contributed by atoms with van der Waals surface area (Å²) in [4.78, 5) is 96.4. The maximum atomic E-state index is 14.4. The number of esters is 1. The summed E-state index contributed by atoms with van der Waals surface area (Å²) in [5.41, 5.74) is 1.86. The van der Waals surface area contributed by atoms with Gasteiger partial charge in [0.1, 0.15) is 29.5 Å². The van der Waals surface area contributed by atoms with Gasteiger partial charge >= 0.3 is 5.97 Å². The van der Waals surface area contributed by atoms with Crippen molar-refractivity contribution in [3.8, 4) is 5.75 Å². The van der Waals surface area contributed by atoms with Gasteiger partial charge in [0.05, 0.1) is 38.0 Å². The van der Waals surface area contributed by atoms with Crippen LogP contribution in [0.2, 0.25) is 0 Å². The molecule has 4 amide bonds. The van der Waals surface area contributed by atoms with Crippen molar-refractivity contribution < 1.29 is 47.8 Å². The lowest BCUT2D eigenvalue weighted by Gasteiger charge is -2.35. The van der Waals surface area contributed by atoms with Gasteiger partial charge in [-0.15, -0.1) is 0 Å². The minimum Gasteiger partial charge on any atom is -0.426 e. The third-order valence-corrected chi connectivity index (χ3v) is 11.8. The van der Waals surface area contributed by atoms with Crippen molar-refractivity contribution >= 4 is 41.2 Å². The van der Waals surface area contributed by atoms with Gasteiger partial charge in [0.15, 0.2) is 11.6 Å². The molecule has 0 aliphatic carbocycles. The van der Waals surface area contributed by atoms with E-state index in [1.807, 2.05) is 93.3 Å². The number of benzene rings is 3. The van der Waals surface area contributed by atoms with Crippen molar-refractivity contribution in [3.63, 3.8) is 0 Å². The molecule has 0 bridgehead atoms. The van der Waals surface area contributed by atoms with E-state index in [4.69, 9.17) is 14.2 Å². The molecular formula is C51H67N5O10. The largest absolute Gasteiger partial charge is 0.426 e. The summed E-state index contributed by atoms with van der Waals surface area (Å²) >= 11 is 0. The monoisotopic (exact) mass is 909 g/mol. The van der Waals surface area contributed by atoms with E-state index < -0.39 is 59.4 Å². The Hall–Kier alpha value is -5.77. The molecule has 3 aromatic rings. The van der Waals surface area contributed by atoms with Crippen molar-refractivity contribution in [2.45, 2.75) is 123 Å². The molecule has 4 N–H and O–H groups in total. The van der Waals surface area contributed by atoms with E-state index in [1.165, 1.54) is 13.8 Å². The number of nitrogens with one attached hydrogen (secondary N) is 4. The van der Waals surface area contributed by atoms with Crippen LogP contribution in [0, 0.1) is 11.8 Å². The van der Waals surface area contributed by atoms with Crippen molar-refractivity contribution in [3.05, 3.63) is 101 Å². The predicted octanol–water partition coefficient (Wildman–Crippen LogP) is 4.32. The molecule has 15 nitrogen and oxygen atoms in total. The first kappa shape index (κ1) is 51.2. The third-order valence-electron chi connectivity index (χ3n) is 11.8. The van der Waals surface area contributed by atoms with Crippen LogP contribution in [0.4, 0.5) is 0 Å². The van der Waals surface area contributed by atoms with Crippen LogP contribution in [0.15, 0.2) is 78.9 Å². The molecule has 1 unspecified atom stereocenters. The summed E-state index contributed by atoms with van der Waals surface area (Å²) in [6, 6.07) is 19.6. The SMILES string of the molecule is CC(=O)Oc1ccc(CC2COCCN2CC(=O)N[C@@H](CCc2ccccc2)C(=O)N[C@@H](CC(C)C)C(=O)N[C@@H](Cc2ccccc2)C(=O)N[C@@H](CC(C)C)C(=O)[C@@]2(C)CO2)cc1C(C)=O. The number of morpholine rings is 1. The lowest BCUT2D eigenvalue weighted by molar-refractivity contribution is -0.135. The maximum absolute atomic E-state index is 14.4. The van der Waals surface area contributed by atoms with Gasteiger partial charge < -0.3 is 35.5 Å². The van der Waals surface area contributed by atoms with Gasteiger partial charge in [-0.05, 0) is 86.6 Å². The van der Waals surface area contributed by atoms with Crippen LogP contribution < -0.4 is 26.0 Å². The molecule has 0 aromatic heterocycles. The number of hydrogen-bond acceptors (Lipinski definition) is 11. The number of Topliss-reactive ketones (excluding diaryl/α,β-unsaturated/α-hetero) is 2. The molecule has 15 heteroatoms. The Labute approximate surface area is 388 Å². The molecule has 2 fully saturated rings. The second kappa shape index (κ2) is 24.1. The minimum absolute atomic E-state index is 0.0465. The molecule has 2 saturated heterocycles. The van der Waals surface area contributed by atoms with Crippen LogP contribution in [0.3, 0.4) is 0 Å². The van der Waals surface area contributed by atoms with E-state index in [9.17, 15) is 33.6 Å². The Balaban J connectivity index is 1.32. The van der Waals surface area contributed by atoms with Crippen LogP contribution in [0.1, 0.15) is 94.8 Å². The number of carbonyl (C=O) groups is 7. The molecule has 66 heavy (non-hydrogen) atoms. The first-order chi connectivity index (χ1) is 31.4. The lowest BCUT2D eigenvalue weighted by Crippen LogP contribution is -2.59. The van der Waals surface area contributed by atoms with E-state index in [0.717, 1.165) is 16.7 Å². The molecule has 356 valence electrons.